The largest absolute Gasteiger partial charge is 0.324 e. The summed E-state index contributed by atoms with van der Waals surface area (Å²) in [4.78, 5) is 0. The predicted molar refractivity (Wildman–Crippen MR) is 66.9 cm³/mol. The van der Waals surface area contributed by atoms with Crippen molar-refractivity contribution in [1.82, 2.24) is 0 Å². The Balaban J connectivity index is 2.36. The molecule has 0 amide bonds. The third-order valence-corrected chi connectivity index (χ3v) is 2.82. The van der Waals surface area contributed by atoms with Crippen LogP contribution in [0.3, 0.4) is 0 Å². The van der Waals surface area contributed by atoms with Gasteiger partial charge in [-0.15, -0.1) is 0 Å². The molecule has 0 saturated carbocycles. The van der Waals surface area contributed by atoms with Crippen LogP contribution in [0.25, 0.3) is 0 Å². The molecule has 2 N–H and O–H groups in total. The summed E-state index contributed by atoms with van der Waals surface area (Å²) in [5, 5.41) is 0. The predicted octanol–water partition coefficient (Wildman–Crippen LogP) is 3.83. The highest BCUT2D eigenvalue weighted by Gasteiger charge is 1.98. The number of benzene rings is 1. The zero-order valence-electron chi connectivity index (χ0n) is 10.00. The first-order valence-electron chi connectivity index (χ1n) is 6.08. The van der Waals surface area contributed by atoms with Gasteiger partial charge < -0.3 is 5.73 Å². The first-order chi connectivity index (χ1) is 7.24. The van der Waals surface area contributed by atoms with E-state index in [-0.39, 0.29) is 6.04 Å². The Kier molecular flexibility index (Phi) is 5.41. The molecule has 0 bridgehead atoms. The number of unbranched alkanes of at least 4 members (excludes halogenated alkanes) is 3. The molecule has 0 spiro atoms. The van der Waals surface area contributed by atoms with Crippen LogP contribution in [0.5, 0.6) is 0 Å². The Labute approximate surface area is 93.7 Å². The van der Waals surface area contributed by atoms with Crippen LogP contribution < -0.4 is 5.73 Å². The van der Waals surface area contributed by atoms with E-state index < -0.39 is 0 Å². The molecule has 15 heavy (non-hydrogen) atoms. The van der Waals surface area contributed by atoms with E-state index in [0.29, 0.717) is 0 Å². The van der Waals surface area contributed by atoms with E-state index in [0.717, 1.165) is 0 Å². The molecule has 0 heterocycles. The van der Waals surface area contributed by atoms with Crippen molar-refractivity contribution in [3.05, 3.63) is 35.4 Å². The van der Waals surface area contributed by atoms with E-state index >= 15 is 0 Å². The number of hydrogen-bond acceptors (Lipinski definition) is 1. The van der Waals surface area contributed by atoms with Crippen LogP contribution in [0.4, 0.5) is 0 Å². The van der Waals surface area contributed by atoms with Crippen LogP contribution in [-0.4, -0.2) is 0 Å². The van der Waals surface area contributed by atoms with Crippen LogP contribution in [0.2, 0.25) is 0 Å². The van der Waals surface area contributed by atoms with Crippen molar-refractivity contribution >= 4 is 0 Å². The second kappa shape index (κ2) is 6.62. The fraction of sp³-hybridized carbons (Fsp3) is 0.571. The minimum absolute atomic E-state index is 0.152. The fourth-order valence-electron chi connectivity index (χ4n) is 1.74. The molecular weight excluding hydrogens is 182 g/mol. The maximum Gasteiger partial charge on any atom is 0.0266 e. The van der Waals surface area contributed by atoms with Gasteiger partial charge in [-0.2, -0.15) is 0 Å². The lowest BCUT2D eigenvalue weighted by Gasteiger charge is -2.06. The Morgan fingerprint density at radius 3 is 2.27 bits per heavy atom. The topological polar surface area (TPSA) is 26.0 Å². The first-order valence-corrected chi connectivity index (χ1v) is 6.08. The minimum atomic E-state index is 0.152. The monoisotopic (exact) mass is 205 g/mol. The molecule has 0 aromatic heterocycles. The van der Waals surface area contributed by atoms with Gasteiger partial charge in [-0.3, -0.25) is 0 Å². The molecular formula is C14H23N. The van der Waals surface area contributed by atoms with E-state index in [1.807, 2.05) is 6.92 Å². The van der Waals surface area contributed by atoms with Crippen molar-refractivity contribution in [3.8, 4) is 0 Å². The second-order valence-corrected chi connectivity index (χ2v) is 4.34. The molecule has 84 valence electrons. The molecule has 0 aliphatic carbocycles. The van der Waals surface area contributed by atoms with Gasteiger partial charge in [0, 0.05) is 6.04 Å². The SMILES string of the molecule is CCCCCCc1ccc([C@@H](C)N)cc1. The summed E-state index contributed by atoms with van der Waals surface area (Å²) in [6.07, 6.45) is 6.54. The molecule has 1 nitrogen and oxygen atoms in total. The first kappa shape index (κ1) is 12.3. The van der Waals surface area contributed by atoms with Gasteiger partial charge in [-0.1, -0.05) is 50.5 Å². The van der Waals surface area contributed by atoms with Crippen LogP contribution in [-0.2, 0) is 6.42 Å². The highest BCUT2D eigenvalue weighted by molar-refractivity contribution is 5.24. The van der Waals surface area contributed by atoms with Crippen molar-refractivity contribution < 1.29 is 0 Å². The van der Waals surface area contributed by atoms with Crippen LogP contribution in [0.15, 0.2) is 24.3 Å². The zero-order chi connectivity index (χ0) is 11.1. The van der Waals surface area contributed by atoms with Gasteiger partial charge >= 0.3 is 0 Å². The van der Waals surface area contributed by atoms with Gasteiger partial charge in [0.25, 0.3) is 0 Å². The van der Waals surface area contributed by atoms with Crippen molar-refractivity contribution in [2.24, 2.45) is 5.73 Å². The number of rotatable bonds is 6. The number of nitrogens with two attached hydrogens (primary N) is 1. The molecule has 0 fully saturated rings. The standard InChI is InChI=1S/C14H23N/c1-3-4-5-6-7-13-8-10-14(11-9-13)12(2)15/h8-12H,3-7,15H2,1-2H3/t12-/m1/s1. The van der Waals surface area contributed by atoms with E-state index in [2.05, 4.69) is 31.2 Å². The van der Waals surface area contributed by atoms with Crippen LogP contribution in [0, 0.1) is 0 Å². The van der Waals surface area contributed by atoms with E-state index in [1.54, 1.807) is 0 Å². The lowest BCUT2D eigenvalue weighted by molar-refractivity contribution is 0.666. The highest BCUT2D eigenvalue weighted by Crippen LogP contribution is 2.13. The molecule has 0 aliphatic rings. The van der Waals surface area contributed by atoms with Crippen LogP contribution in [0.1, 0.15) is 56.7 Å². The highest BCUT2D eigenvalue weighted by atomic mass is 14.6. The molecule has 0 aliphatic heterocycles. The van der Waals surface area contributed by atoms with Gasteiger partial charge in [0.15, 0.2) is 0 Å². The van der Waals surface area contributed by atoms with E-state index in [1.165, 1.54) is 43.2 Å². The van der Waals surface area contributed by atoms with Gasteiger partial charge in [0.2, 0.25) is 0 Å². The third kappa shape index (κ3) is 4.48. The fourth-order valence-corrected chi connectivity index (χ4v) is 1.74. The zero-order valence-corrected chi connectivity index (χ0v) is 10.00. The van der Waals surface area contributed by atoms with Crippen molar-refractivity contribution in [3.63, 3.8) is 0 Å². The molecule has 0 saturated heterocycles. The maximum atomic E-state index is 5.80. The molecule has 1 atom stereocenters. The molecule has 1 rings (SSSR count). The average molecular weight is 205 g/mol. The Morgan fingerprint density at radius 2 is 1.73 bits per heavy atom. The molecule has 1 aromatic carbocycles. The van der Waals surface area contributed by atoms with Crippen molar-refractivity contribution in [1.29, 1.82) is 0 Å². The summed E-state index contributed by atoms with van der Waals surface area (Å²) >= 11 is 0. The van der Waals surface area contributed by atoms with E-state index in [4.69, 9.17) is 5.73 Å². The molecule has 1 heteroatoms. The van der Waals surface area contributed by atoms with Crippen LogP contribution >= 0.6 is 0 Å². The summed E-state index contributed by atoms with van der Waals surface area (Å²) in [5.41, 5.74) is 8.47. The summed E-state index contributed by atoms with van der Waals surface area (Å²) in [6, 6.07) is 8.88. The average Bonchev–Trinajstić information content (AvgIpc) is 2.25. The second-order valence-electron chi connectivity index (χ2n) is 4.34. The maximum absolute atomic E-state index is 5.80. The lowest BCUT2D eigenvalue weighted by Crippen LogP contribution is -2.04. The van der Waals surface area contributed by atoms with Gasteiger partial charge in [-0.05, 0) is 30.9 Å². The summed E-state index contributed by atoms with van der Waals surface area (Å²) in [5.74, 6) is 0. The molecule has 0 unspecified atom stereocenters. The number of aryl methyl sites for hydroxylation is 1. The third-order valence-electron chi connectivity index (χ3n) is 2.82. The van der Waals surface area contributed by atoms with Crippen molar-refractivity contribution in [2.45, 2.75) is 52.0 Å². The quantitative estimate of drug-likeness (QED) is 0.702. The van der Waals surface area contributed by atoms with E-state index in [9.17, 15) is 0 Å². The van der Waals surface area contributed by atoms with Gasteiger partial charge in [-0.25, -0.2) is 0 Å². The Morgan fingerprint density at radius 1 is 1.07 bits per heavy atom. The lowest BCUT2D eigenvalue weighted by atomic mass is 10.0. The molecule has 1 aromatic rings. The normalized spacial score (nSPS) is 12.7. The Bertz CT molecular complexity index is 261. The van der Waals surface area contributed by atoms with Gasteiger partial charge in [0.1, 0.15) is 0 Å². The summed E-state index contributed by atoms with van der Waals surface area (Å²) in [6.45, 7) is 4.27. The molecule has 0 radical (unpaired) electrons. The number of hydrogen-bond donors (Lipinski definition) is 1. The summed E-state index contributed by atoms with van der Waals surface area (Å²) in [7, 11) is 0. The van der Waals surface area contributed by atoms with Gasteiger partial charge in [0.05, 0.1) is 0 Å². The Hall–Kier alpha value is -0.820. The smallest absolute Gasteiger partial charge is 0.0266 e. The van der Waals surface area contributed by atoms with Crippen molar-refractivity contribution in [2.75, 3.05) is 0 Å². The summed E-state index contributed by atoms with van der Waals surface area (Å²) < 4.78 is 0. The minimum Gasteiger partial charge on any atom is -0.324 e.